The molecular formula is C19H19Cl2N3O. The van der Waals surface area contributed by atoms with E-state index >= 15 is 0 Å². The predicted molar refractivity (Wildman–Crippen MR) is 102 cm³/mol. The highest BCUT2D eigenvalue weighted by Gasteiger charge is 2.21. The van der Waals surface area contributed by atoms with Crippen molar-refractivity contribution in [3.05, 3.63) is 68.2 Å². The maximum atomic E-state index is 12.1. The van der Waals surface area contributed by atoms with Gasteiger partial charge in [0.05, 0.1) is 22.8 Å². The van der Waals surface area contributed by atoms with Crippen LogP contribution in [0.15, 0.2) is 35.4 Å². The van der Waals surface area contributed by atoms with Crippen molar-refractivity contribution in [3.8, 4) is 0 Å². The van der Waals surface area contributed by atoms with Gasteiger partial charge in [-0.05, 0) is 53.8 Å². The van der Waals surface area contributed by atoms with E-state index in [1.807, 2.05) is 0 Å². The van der Waals surface area contributed by atoms with Gasteiger partial charge in [-0.3, -0.25) is 9.69 Å². The number of fused-ring (bicyclic) bond motifs is 1. The van der Waals surface area contributed by atoms with Gasteiger partial charge in [0.2, 0.25) is 0 Å². The van der Waals surface area contributed by atoms with E-state index in [9.17, 15) is 4.79 Å². The Labute approximate surface area is 157 Å². The average Bonchev–Trinajstić information content (AvgIpc) is 2.92. The van der Waals surface area contributed by atoms with Crippen LogP contribution in [0.1, 0.15) is 27.8 Å². The fourth-order valence-electron chi connectivity index (χ4n) is 2.89. The van der Waals surface area contributed by atoms with E-state index in [0.717, 1.165) is 18.7 Å². The van der Waals surface area contributed by atoms with Crippen LogP contribution in [0.4, 0.5) is 0 Å². The van der Waals surface area contributed by atoms with Gasteiger partial charge in [-0.15, -0.1) is 0 Å². The smallest absolute Gasteiger partial charge is 0.254 e. The van der Waals surface area contributed by atoms with Gasteiger partial charge in [0.15, 0.2) is 0 Å². The molecular weight excluding hydrogens is 357 g/mol. The third-order valence-corrected chi connectivity index (χ3v) is 5.06. The van der Waals surface area contributed by atoms with Gasteiger partial charge in [-0.25, -0.2) is 5.43 Å². The van der Waals surface area contributed by atoms with Gasteiger partial charge < -0.3 is 0 Å². The van der Waals surface area contributed by atoms with E-state index in [2.05, 4.69) is 41.4 Å². The predicted octanol–water partition coefficient (Wildman–Crippen LogP) is 4.08. The lowest BCUT2D eigenvalue weighted by Crippen LogP contribution is -2.32. The highest BCUT2D eigenvalue weighted by atomic mass is 35.5. The third-order valence-electron chi connectivity index (χ3n) is 4.32. The lowest BCUT2D eigenvalue weighted by Gasteiger charge is -2.12. The fraction of sp³-hybridized carbons (Fsp3) is 0.263. The van der Waals surface area contributed by atoms with Crippen molar-refractivity contribution in [2.24, 2.45) is 5.10 Å². The summed E-state index contributed by atoms with van der Waals surface area (Å²) in [5.41, 5.74) is 8.51. The van der Waals surface area contributed by atoms with Crippen LogP contribution in [0.3, 0.4) is 0 Å². The van der Waals surface area contributed by atoms with Crippen LogP contribution in [-0.4, -0.2) is 23.6 Å². The van der Waals surface area contributed by atoms with Gasteiger partial charge in [0.25, 0.3) is 5.91 Å². The zero-order valence-electron chi connectivity index (χ0n) is 14.1. The van der Waals surface area contributed by atoms with Crippen molar-refractivity contribution in [1.29, 1.82) is 0 Å². The van der Waals surface area contributed by atoms with Crippen LogP contribution in [-0.2, 0) is 17.9 Å². The third kappa shape index (κ3) is 4.40. The number of rotatable bonds is 4. The first-order chi connectivity index (χ1) is 11.9. The number of carbonyl (C=O) groups is 1. The minimum Gasteiger partial charge on any atom is -0.286 e. The summed E-state index contributed by atoms with van der Waals surface area (Å²) in [7, 11) is 0. The standard InChI is InChI=1S/C19H19Cl2N3O/c1-12-5-15-9-24(10-16(15)6-13(12)2)11-19(25)23-22-8-14-3-4-17(20)18(21)7-14/h3-8H,9-11H2,1-2H3,(H,23,25)/b22-8-. The van der Waals surface area contributed by atoms with Crippen LogP contribution in [0.2, 0.25) is 10.0 Å². The Morgan fingerprint density at radius 3 is 2.36 bits per heavy atom. The van der Waals surface area contributed by atoms with Gasteiger partial charge >= 0.3 is 0 Å². The lowest BCUT2D eigenvalue weighted by molar-refractivity contribution is -0.122. The molecule has 1 aliphatic rings. The van der Waals surface area contributed by atoms with Crippen molar-refractivity contribution in [1.82, 2.24) is 10.3 Å². The number of halogens is 2. The van der Waals surface area contributed by atoms with E-state index in [4.69, 9.17) is 23.2 Å². The van der Waals surface area contributed by atoms with Crippen molar-refractivity contribution < 1.29 is 4.79 Å². The highest BCUT2D eigenvalue weighted by molar-refractivity contribution is 6.42. The van der Waals surface area contributed by atoms with Crippen LogP contribution in [0.25, 0.3) is 0 Å². The summed E-state index contributed by atoms with van der Waals surface area (Å²) in [6.07, 6.45) is 1.55. The van der Waals surface area contributed by atoms with Crippen molar-refractivity contribution in [2.45, 2.75) is 26.9 Å². The molecule has 2 aromatic rings. The van der Waals surface area contributed by atoms with Gasteiger partial charge in [-0.1, -0.05) is 41.4 Å². The largest absolute Gasteiger partial charge is 0.286 e. The Hall–Kier alpha value is -1.88. The second-order valence-corrected chi connectivity index (χ2v) is 7.13. The van der Waals surface area contributed by atoms with E-state index in [1.54, 1.807) is 24.4 Å². The number of amides is 1. The van der Waals surface area contributed by atoms with Crippen LogP contribution < -0.4 is 5.43 Å². The summed E-state index contributed by atoms with van der Waals surface area (Å²) in [4.78, 5) is 14.2. The summed E-state index contributed by atoms with van der Waals surface area (Å²) in [6.45, 7) is 6.12. The van der Waals surface area contributed by atoms with Gasteiger partial charge in [0.1, 0.15) is 0 Å². The summed E-state index contributed by atoms with van der Waals surface area (Å²) in [6, 6.07) is 9.60. The SMILES string of the molecule is Cc1cc2c(cc1C)CN(CC(=O)N/N=C\c1ccc(Cl)c(Cl)c1)C2. The lowest BCUT2D eigenvalue weighted by atomic mass is 10.0. The summed E-state index contributed by atoms with van der Waals surface area (Å²) >= 11 is 11.8. The maximum absolute atomic E-state index is 12.1. The fourth-order valence-corrected chi connectivity index (χ4v) is 3.20. The number of nitrogens with zero attached hydrogens (tertiary/aromatic N) is 2. The van der Waals surface area contributed by atoms with Crippen LogP contribution in [0, 0.1) is 13.8 Å². The monoisotopic (exact) mass is 375 g/mol. The molecule has 0 bridgehead atoms. The molecule has 0 saturated heterocycles. The van der Waals surface area contributed by atoms with Crippen LogP contribution >= 0.6 is 23.2 Å². The summed E-state index contributed by atoms with van der Waals surface area (Å²) in [5, 5.41) is 4.92. The summed E-state index contributed by atoms with van der Waals surface area (Å²) in [5.74, 6) is -0.141. The first kappa shape index (κ1) is 17.9. The molecule has 0 atom stereocenters. The number of hydrogen-bond acceptors (Lipinski definition) is 3. The molecule has 2 aromatic carbocycles. The molecule has 0 saturated carbocycles. The molecule has 1 amide bonds. The van der Waals surface area contributed by atoms with Gasteiger partial charge in [-0.2, -0.15) is 5.10 Å². The topological polar surface area (TPSA) is 44.7 Å². The van der Waals surface area contributed by atoms with Crippen molar-refractivity contribution in [3.63, 3.8) is 0 Å². The normalized spacial score (nSPS) is 14.1. The van der Waals surface area contributed by atoms with E-state index in [0.29, 0.717) is 16.6 Å². The number of carbonyl (C=O) groups excluding carboxylic acids is 1. The second-order valence-electron chi connectivity index (χ2n) is 6.32. The summed E-state index contributed by atoms with van der Waals surface area (Å²) < 4.78 is 0. The molecule has 1 N–H and O–H groups in total. The number of aryl methyl sites for hydroxylation is 2. The zero-order valence-corrected chi connectivity index (χ0v) is 15.7. The first-order valence-electron chi connectivity index (χ1n) is 8.00. The number of benzene rings is 2. The molecule has 25 heavy (non-hydrogen) atoms. The van der Waals surface area contributed by atoms with E-state index in [-0.39, 0.29) is 5.91 Å². The molecule has 3 rings (SSSR count). The number of hydrogen-bond donors (Lipinski definition) is 1. The number of hydrazone groups is 1. The molecule has 0 unspecified atom stereocenters. The molecule has 1 heterocycles. The molecule has 0 aliphatic carbocycles. The molecule has 6 heteroatoms. The second kappa shape index (κ2) is 7.56. The van der Waals surface area contributed by atoms with Crippen LogP contribution in [0.5, 0.6) is 0 Å². The Kier molecular flexibility index (Phi) is 5.42. The first-order valence-corrected chi connectivity index (χ1v) is 8.76. The minimum absolute atomic E-state index is 0.141. The maximum Gasteiger partial charge on any atom is 0.254 e. The molecule has 0 aromatic heterocycles. The molecule has 0 spiro atoms. The Morgan fingerprint density at radius 1 is 1.12 bits per heavy atom. The van der Waals surface area contributed by atoms with Crippen molar-refractivity contribution in [2.75, 3.05) is 6.54 Å². The van der Waals surface area contributed by atoms with E-state index < -0.39 is 0 Å². The Morgan fingerprint density at radius 2 is 1.76 bits per heavy atom. The Bertz CT molecular complexity index is 818. The van der Waals surface area contributed by atoms with Gasteiger partial charge in [0, 0.05) is 13.1 Å². The zero-order chi connectivity index (χ0) is 18.0. The van der Waals surface area contributed by atoms with Crippen molar-refractivity contribution >= 4 is 35.3 Å². The molecule has 4 nitrogen and oxygen atoms in total. The molecule has 1 aliphatic heterocycles. The highest BCUT2D eigenvalue weighted by Crippen LogP contribution is 2.25. The molecule has 0 radical (unpaired) electrons. The Balaban J connectivity index is 1.53. The molecule has 130 valence electrons. The average molecular weight is 376 g/mol. The quantitative estimate of drug-likeness (QED) is 0.646. The molecule has 0 fully saturated rings. The van der Waals surface area contributed by atoms with E-state index in [1.165, 1.54) is 22.3 Å². The number of nitrogens with one attached hydrogen (secondary N) is 1. The minimum atomic E-state index is -0.141.